The van der Waals surface area contributed by atoms with Crippen molar-refractivity contribution in [3.05, 3.63) is 36.2 Å². The van der Waals surface area contributed by atoms with Crippen LogP contribution in [0, 0.1) is 6.92 Å². The molecule has 0 unspecified atom stereocenters. The normalized spacial score (nSPS) is 11.6. The largest absolute Gasteiger partial charge is 0.433 e. The molecule has 0 saturated heterocycles. The molecule has 20 heavy (non-hydrogen) atoms. The molecule has 0 aliphatic carbocycles. The molecule has 2 rings (SSSR count). The SMILES string of the molecule is C=CCSc1nnc(-c2ccc(C(F)(F)F)nc2C)o1. The summed E-state index contributed by atoms with van der Waals surface area (Å²) in [7, 11) is 0. The molecule has 106 valence electrons. The van der Waals surface area contributed by atoms with E-state index in [9.17, 15) is 13.2 Å². The lowest BCUT2D eigenvalue weighted by atomic mass is 10.2. The van der Waals surface area contributed by atoms with E-state index in [1.54, 1.807) is 6.08 Å². The third-order valence-electron chi connectivity index (χ3n) is 2.34. The van der Waals surface area contributed by atoms with Crippen LogP contribution in [0.5, 0.6) is 0 Å². The Hall–Kier alpha value is -1.83. The smallest absolute Gasteiger partial charge is 0.411 e. The van der Waals surface area contributed by atoms with Crippen LogP contribution in [0.25, 0.3) is 11.5 Å². The average molecular weight is 301 g/mol. The van der Waals surface area contributed by atoms with Gasteiger partial charge in [0.15, 0.2) is 0 Å². The van der Waals surface area contributed by atoms with Gasteiger partial charge in [-0.25, -0.2) is 4.98 Å². The van der Waals surface area contributed by atoms with Gasteiger partial charge in [-0.3, -0.25) is 0 Å². The standard InChI is InChI=1S/C12H10F3N3OS/c1-3-6-20-11-18-17-10(19-11)8-4-5-9(12(13,14)15)16-7(8)2/h3-5H,1,6H2,2H3. The van der Waals surface area contributed by atoms with Crippen LogP contribution < -0.4 is 0 Å². The molecule has 8 heteroatoms. The Morgan fingerprint density at radius 2 is 2.10 bits per heavy atom. The molecule has 0 atom stereocenters. The number of nitrogens with zero attached hydrogens (tertiary/aromatic N) is 3. The fraction of sp³-hybridized carbons (Fsp3) is 0.250. The third kappa shape index (κ3) is 3.19. The molecule has 0 bridgehead atoms. The second-order valence-electron chi connectivity index (χ2n) is 3.80. The summed E-state index contributed by atoms with van der Waals surface area (Å²) in [6.07, 6.45) is -2.79. The van der Waals surface area contributed by atoms with Crippen LogP contribution in [-0.4, -0.2) is 20.9 Å². The van der Waals surface area contributed by atoms with E-state index in [1.807, 2.05) is 0 Å². The first kappa shape index (κ1) is 14.6. The molecule has 0 aliphatic rings. The Labute approximate surface area is 117 Å². The Balaban J connectivity index is 2.29. The van der Waals surface area contributed by atoms with Crippen LogP contribution in [0.4, 0.5) is 13.2 Å². The van der Waals surface area contributed by atoms with Crippen molar-refractivity contribution in [2.45, 2.75) is 18.3 Å². The Kier molecular flexibility index (Phi) is 4.12. The summed E-state index contributed by atoms with van der Waals surface area (Å²) < 4.78 is 42.9. The highest BCUT2D eigenvalue weighted by molar-refractivity contribution is 7.99. The zero-order valence-corrected chi connectivity index (χ0v) is 11.3. The fourth-order valence-electron chi connectivity index (χ4n) is 1.45. The molecular weight excluding hydrogens is 291 g/mol. The van der Waals surface area contributed by atoms with E-state index in [-0.39, 0.29) is 11.6 Å². The molecule has 0 saturated carbocycles. The number of halogens is 3. The summed E-state index contributed by atoms with van der Waals surface area (Å²) in [5, 5.41) is 7.92. The molecule has 0 radical (unpaired) electrons. The van der Waals surface area contributed by atoms with Gasteiger partial charge >= 0.3 is 6.18 Å². The molecule has 0 amide bonds. The summed E-state index contributed by atoms with van der Waals surface area (Å²) in [4.78, 5) is 3.52. The predicted octanol–water partition coefficient (Wildman–Crippen LogP) is 3.74. The van der Waals surface area contributed by atoms with E-state index in [4.69, 9.17) is 4.42 Å². The maximum absolute atomic E-state index is 12.5. The zero-order chi connectivity index (χ0) is 14.8. The molecule has 4 nitrogen and oxygen atoms in total. The first-order valence-electron chi connectivity index (χ1n) is 5.54. The van der Waals surface area contributed by atoms with E-state index in [0.717, 1.165) is 6.07 Å². The van der Waals surface area contributed by atoms with E-state index in [0.29, 0.717) is 16.5 Å². The number of aryl methyl sites for hydroxylation is 1. The van der Waals surface area contributed by atoms with Crippen LogP contribution in [-0.2, 0) is 6.18 Å². The monoisotopic (exact) mass is 301 g/mol. The first-order chi connectivity index (χ1) is 9.41. The summed E-state index contributed by atoms with van der Waals surface area (Å²) in [5.74, 6) is 0.751. The van der Waals surface area contributed by atoms with Gasteiger partial charge in [-0.05, 0) is 19.1 Å². The van der Waals surface area contributed by atoms with Crippen LogP contribution in [0.3, 0.4) is 0 Å². The number of hydrogen-bond donors (Lipinski definition) is 0. The maximum atomic E-state index is 12.5. The van der Waals surface area contributed by atoms with Gasteiger partial charge in [0.25, 0.3) is 11.1 Å². The van der Waals surface area contributed by atoms with Crippen LogP contribution >= 0.6 is 11.8 Å². The van der Waals surface area contributed by atoms with E-state index < -0.39 is 11.9 Å². The summed E-state index contributed by atoms with van der Waals surface area (Å²) >= 11 is 1.29. The molecular formula is C12H10F3N3OS. The maximum Gasteiger partial charge on any atom is 0.433 e. The third-order valence-corrected chi connectivity index (χ3v) is 3.15. The second-order valence-corrected chi connectivity index (χ2v) is 4.77. The van der Waals surface area contributed by atoms with Gasteiger partial charge in [-0.2, -0.15) is 13.2 Å². The molecule has 0 aliphatic heterocycles. The second kappa shape index (κ2) is 5.66. The summed E-state index contributed by atoms with van der Waals surface area (Å²) in [6.45, 7) is 5.02. The lowest BCUT2D eigenvalue weighted by molar-refractivity contribution is -0.141. The van der Waals surface area contributed by atoms with E-state index in [1.165, 1.54) is 24.8 Å². The van der Waals surface area contributed by atoms with Crippen molar-refractivity contribution in [2.24, 2.45) is 0 Å². The van der Waals surface area contributed by atoms with Crippen molar-refractivity contribution in [1.29, 1.82) is 0 Å². The van der Waals surface area contributed by atoms with Crippen molar-refractivity contribution in [2.75, 3.05) is 5.75 Å². The number of pyridine rings is 1. The van der Waals surface area contributed by atoms with Crippen LogP contribution in [0.1, 0.15) is 11.4 Å². The number of alkyl halides is 3. The minimum atomic E-state index is -4.47. The van der Waals surface area contributed by atoms with E-state index >= 15 is 0 Å². The number of thioether (sulfide) groups is 1. The van der Waals surface area contributed by atoms with E-state index in [2.05, 4.69) is 21.8 Å². The topological polar surface area (TPSA) is 51.8 Å². The van der Waals surface area contributed by atoms with Gasteiger partial charge in [-0.15, -0.1) is 16.8 Å². The Morgan fingerprint density at radius 1 is 1.35 bits per heavy atom. The van der Waals surface area contributed by atoms with Crippen molar-refractivity contribution >= 4 is 11.8 Å². The van der Waals surface area contributed by atoms with Gasteiger partial charge in [-0.1, -0.05) is 17.8 Å². The molecule has 2 aromatic heterocycles. The highest BCUT2D eigenvalue weighted by atomic mass is 32.2. The highest BCUT2D eigenvalue weighted by Crippen LogP contribution is 2.31. The molecule has 0 spiro atoms. The van der Waals surface area contributed by atoms with Crippen LogP contribution in [0.15, 0.2) is 34.4 Å². The van der Waals surface area contributed by atoms with Crippen molar-refractivity contribution < 1.29 is 17.6 Å². The number of aromatic nitrogens is 3. The molecule has 2 heterocycles. The minimum absolute atomic E-state index is 0.148. The van der Waals surface area contributed by atoms with Gasteiger partial charge < -0.3 is 4.42 Å². The zero-order valence-electron chi connectivity index (χ0n) is 10.4. The van der Waals surface area contributed by atoms with Crippen LogP contribution in [0.2, 0.25) is 0 Å². The predicted molar refractivity (Wildman–Crippen MR) is 68.2 cm³/mol. The Morgan fingerprint density at radius 3 is 2.70 bits per heavy atom. The van der Waals surface area contributed by atoms with Crippen molar-refractivity contribution in [3.63, 3.8) is 0 Å². The van der Waals surface area contributed by atoms with Gasteiger partial charge in [0.05, 0.1) is 11.3 Å². The quantitative estimate of drug-likeness (QED) is 0.636. The van der Waals surface area contributed by atoms with Crippen molar-refractivity contribution in [3.8, 4) is 11.5 Å². The Bertz CT molecular complexity index is 625. The summed E-state index contributed by atoms with van der Waals surface area (Å²) in [6, 6.07) is 2.17. The molecule has 0 N–H and O–H groups in total. The van der Waals surface area contributed by atoms with Gasteiger partial charge in [0.1, 0.15) is 5.69 Å². The summed E-state index contributed by atoms with van der Waals surface area (Å²) in [5.41, 5.74) is -0.376. The van der Waals surface area contributed by atoms with Crippen molar-refractivity contribution in [1.82, 2.24) is 15.2 Å². The average Bonchev–Trinajstić information content (AvgIpc) is 2.83. The molecule has 2 aromatic rings. The first-order valence-corrected chi connectivity index (χ1v) is 6.53. The lowest BCUT2D eigenvalue weighted by Crippen LogP contribution is -2.08. The minimum Gasteiger partial charge on any atom is -0.411 e. The lowest BCUT2D eigenvalue weighted by Gasteiger charge is -2.07. The van der Waals surface area contributed by atoms with Gasteiger partial charge in [0, 0.05) is 5.75 Å². The molecule has 0 fully saturated rings. The number of hydrogen-bond acceptors (Lipinski definition) is 5. The van der Waals surface area contributed by atoms with Gasteiger partial charge in [0.2, 0.25) is 0 Å². The number of rotatable bonds is 4. The molecule has 0 aromatic carbocycles. The highest BCUT2D eigenvalue weighted by Gasteiger charge is 2.33. The fourth-order valence-corrected chi connectivity index (χ4v) is 1.95.